The van der Waals surface area contributed by atoms with Crippen molar-refractivity contribution in [1.29, 1.82) is 0 Å². The normalized spacial score (nSPS) is 17.9. The van der Waals surface area contributed by atoms with E-state index in [4.69, 9.17) is 5.84 Å². The molecule has 0 aromatic carbocycles. The van der Waals surface area contributed by atoms with Gasteiger partial charge in [-0.05, 0) is 12.1 Å². The number of thiophene rings is 1. The van der Waals surface area contributed by atoms with Gasteiger partial charge in [-0.2, -0.15) is 13.2 Å². The standard InChI is InChI=1S/C12H17F3N4OS/c13-12(14,15)8-19-5-3-18(4-6-19)7-9-1-2-10(21-9)11(20)17-16/h1-2H,3-8,16H2,(H,17,20). The number of amides is 1. The Morgan fingerprint density at radius 2 is 1.86 bits per heavy atom. The van der Waals surface area contributed by atoms with Crippen LogP contribution in [-0.2, 0) is 6.54 Å². The minimum atomic E-state index is -4.14. The van der Waals surface area contributed by atoms with E-state index in [-0.39, 0.29) is 5.91 Å². The van der Waals surface area contributed by atoms with Crippen LogP contribution in [0.3, 0.4) is 0 Å². The van der Waals surface area contributed by atoms with Crippen LogP contribution in [0.5, 0.6) is 0 Å². The maximum Gasteiger partial charge on any atom is 0.401 e. The summed E-state index contributed by atoms with van der Waals surface area (Å²) in [4.78, 5) is 16.4. The van der Waals surface area contributed by atoms with E-state index in [1.807, 2.05) is 6.07 Å². The number of carbonyl (C=O) groups is 1. The van der Waals surface area contributed by atoms with Gasteiger partial charge < -0.3 is 0 Å². The molecule has 1 aliphatic heterocycles. The molecule has 0 unspecified atom stereocenters. The Hall–Kier alpha value is -1.16. The second-order valence-electron chi connectivity index (χ2n) is 4.91. The van der Waals surface area contributed by atoms with E-state index >= 15 is 0 Å². The maximum atomic E-state index is 12.3. The highest BCUT2D eigenvalue weighted by molar-refractivity contribution is 7.14. The zero-order chi connectivity index (χ0) is 15.5. The summed E-state index contributed by atoms with van der Waals surface area (Å²) < 4.78 is 36.9. The molecule has 2 rings (SSSR count). The summed E-state index contributed by atoms with van der Waals surface area (Å²) in [5, 5.41) is 0. The monoisotopic (exact) mass is 322 g/mol. The van der Waals surface area contributed by atoms with Gasteiger partial charge in [-0.1, -0.05) is 0 Å². The Kier molecular flexibility index (Phi) is 5.20. The summed E-state index contributed by atoms with van der Waals surface area (Å²) in [6.45, 7) is 1.78. The average molecular weight is 322 g/mol. The van der Waals surface area contributed by atoms with Crippen molar-refractivity contribution in [2.24, 2.45) is 5.84 Å². The molecule has 0 bridgehead atoms. The molecule has 0 atom stereocenters. The Balaban J connectivity index is 1.81. The number of rotatable bonds is 4. The van der Waals surface area contributed by atoms with E-state index in [9.17, 15) is 18.0 Å². The molecule has 21 heavy (non-hydrogen) atoms. The Labute approximate surface area is 124 Å². The van der Waals surface area contributed by atoms with E-state index in [0.29, 0.717) is 37.6 Å². The van der Waals surface area contributed by atoms with Crippen LogP contribution in [0.15, 0.2) is 12.1 Å². The largest absolute Gasteiger partial charge is 0.401 e. The summed E-state index contributed by atoms with van der Waals surface area (Å²) in [6.07, 6.45) is -4.14. The number of hydrazine groups is 1. The molecule has 1 aromatic heterocycles. The van der Waals surface area contributed by atoms with Crippen LogP contribution in [0.25, 0.3) is 0 Å². The summed E-state index contributed by atoms with van der Waals surface area (Å²) in [7, 11) is 0. The third-order valence-electron chi connectivity index (χ3n) is 3.26. The molecule has 1 aliphatic rings. The predicted molar refractivity (Wildman–Crippen MR) is 73.7 cm³/mol. The van der Waals surface area contributed by atoms with Gasteiger partial charge in [0.2, 0.25) is 0 Å². The second kappa shape index (κ2) is 6.73. The van der Waals surface area contributed by atoms with Gasteiger partial charge in [-0.25, -0.2) is 5.84 Å². The first-order valence-electron chi connectivity index (χ1n) is 6.48. The third-order valence-corrected chi connectivity index (χ3v) is 4.33. The van der Waals surface area contributed by atoms with Crippen LogP contribution >= 0.6 is 11.3 Å². The third kappa shape index (κ3) is 4.95. The van der Waals surface area contributed by atoms with Crippen molar-refractivity contribution in [3.63, 3.8) is 0 Å². The molecule has 3 N–H and O–H groups in total. The number of piperazine rings is 1. The molecule has 0 radical (unpaired) electrons. The molecule has 118 valence electrons. The quantitative estimate of drug-likeness (QED) is 0.494. The van der Waals surface area contributed by atoms with Crippen LogP contribution in [0.4, 0.5) is 13.2 Å². The van der Waals surface area contributed by atoms with Gasteiger partial charge in [0.05, 0.1) is 11.4 Å². The smallest absolute Gasteiger partial charge is 0.296 e. The molecule has 1 saturated heterocycles. The Bertz CT molecular complexity index is 483. The molecule has 0 spiro atoms. The summed E-state index contributed by atoms with van der Waals surface area (Å²) in [6, 6.07) is 3.54. The van der Waals surface area contributed by atoms with Crippen molar-refractivity contribution >= 4 is 17.2 Å². The van der Waals surface area contributed by atoms with Crippen LogP contribution in [0.1, 0.15) is 14.5 Å². The van der Waals surface area contributed by atoms with Gasteiger partial charge in [0.25, 0.3) is 5.91 Å². The van der Waals surface area contributed by atoms with Crippen molar-refractivity contribution in [1.82, 2.24) is 15.2 Å². The zero-order valence-electron chi connectivity index (χ0n) is 11.3. The number of hydrogen-bond donors (Lipinski definition) is 2. The van der Waals surface area contributed by atoms with E-state index in [1.165, 1.54) is 16.2 Å². The fraction of sp³-hybridized carbons (Fsp3) is 0.583. The number of hydrogen-bond acceptors (Lipinski definition) is 5. The molecule has 9 heteroatoms. The van der Waals surface area contributed by atoms with Crippen molar-refractivity contribution < 1.29 is 18.0 Å². The number of carbonyl (C=O) groups excluding carboxylic acids is 1. The second-order valence-corrected chi connectivity index (χ2v) is 6.08. The Morgan fingerprint density at radius 3 is 2.43 bits per heavy atom. The number of nitrogens with zero attached hydrogens (tertiary/aromatic N) is 2. The van der Waals surface area contributed by atoms with Crippen LogP contribution in [0.2, 0.25) is 0 Å². The lowest BCUT2D eigenvalue weighted by atomic mass is 10.3. The molecule has 0 aliphatic carbocycles. The van der Waals surface area contributed by atoms with E-state index in [0.717, 1.165) is 4.88 Å². The van der Waals surface area contributed by atoms with E-state index in [2.05, 4.69) is 10.3 Å². The number of nitrogen functional groups attached to an aromatic ring is 1. The molecular weight excluding hydrogens is 305 g/mol. The lowest BCUT2D eigenvalue weighted by Crippen LogP contribution is -2.48. The van der Waals surface area contributed by atoms with Gasteiger partial charge in [0.15, 0.2) is 0 Å². The summed E-state index contributed by atoms with van der Waals surface area (Å²) in [5.74, 6) is 4.73. The van der Waals surface area contributed by atoms with Crippen LogP contribution < -0.4 is 11.3 Å². The topological polar surface area (TPSA) is 61.6 Å². The highest BCUT2D eigenvalue weighted by atomic mass is 32.1. The maximum absolute atomic E-state index is 12.3. The van der Waals surface area contributed by atoms with E-state index in [1.54, 1.807) is 6.07 Å². The van der Waals surface area contributed by atoms with Gasteiger partial charge in [0.1, 0.15) is 0 Å². The zero-order valence-corrected chi connectivity index (χ0v) is 12.1. The van der Waals surface area contributed by atoms with Crippen molar-refractivity contribution in [2.45, 2.75) is 12.7 Å². The lowest BCUT2D eigenvalue weighted by molar-refractivity contribution is -0.149. The average Bonchev–Trinajstić information content (AvgIpc) is 2.87. The molecule has 1 fully saturated rings. The highest BCUT2D eigenvalue weighted by Gasteiger charge is 2.32. The van der Waals surface area contributed by atoms with Gasteiger partial charge in [-0.3, -0.25) is 20.0 Å². The van der Waals surface area contributed by atoms with Crippen molar-refractivity contribution in [3.05, 3.63) is 21.9 Å². The van der Waals surface area contributed by atoms with E-state index < -0.39 is 12.7 Å². The summed E-state index contributed by atoms with van der Waals surface area (Å²) >= 11 is 1.34. The number of nitrogens with one attached hydrogen (secondary N) is 1. The van der Waals surface area contributed by atoms with Crippen LogP contribution in [-0.4, -0.2) is 54.6 Å². The lowest BCUT2D eigenvalue weighted by Gasteiger charge is -2.34. The van der Waals surface area contributed by atoms with Gasteiger partial charge >= 0.3 is 6.18 Å². The molecule has 1 aromatic rings. The molecular formula is C12H17F3N4OS. The minimum Gasteiger partial charge on any atom is -0.296 e. The fourth-order valence-corrected chi connectivity index (χ4v) is 3.19. The first kappa shape index (κ1) is 16.2. The SMILES string of the molecule is NNC(=O)c1ccc(CN2CCN(CC(F)(F)F)CC2)s1. The van der Waals surface area contributed by atoms with Gasteiger partial charge in [0, 0.05) is 37.6 Å². The number of halogens is 3. The Morgan fingerprint density at radius 1 is 1.24 bits per heavy atom. The molecule has 0 saturated carbocycles. The van der Waals surface area contributed by atoms with Gasteiger partial charge in [-0.15, -0.1) is 11.3 Å². The molecule has 1 amide bonds. The molecule has 5 nitrogen and oxygen atoms in total. The number of nitrogens with two attached hydrogens (primary N) is 1. The van der Waals surface area contributed by atoms with Crippen molar-refractivity contribution in [2.75, 3.05) is 32.7 Å². The minimum absolute atomic E-state index is 0.332. The van der Waals surface area contributed by atoms with Crippen molar-refractivity contribution in [3.8, 4) is 0 Å². The highest BCUT2D eigenvalue weighted by Crippen LogP contribution is 2.20. The predicted octanol–water partition coefficient (Wildman–Crippen LogP) is 1.03. The first-order chi connectivity index (χ1) is 9.87. The number of alkyl halides is 3. The van der Waals surface area contributed by atoms with Crippen LogP contribution in [0, 0.1) is 0 Å². The summed E-state index contributed by atoms with van der Waals surface area (Å²) in [5.41, 5.74) is 2.07. The first-order valence-corrected chi connectivity index (χ1v) is 7.30. The fourth-order valence-electron chi connectivity index (χ4n) is 2.24. The molecule has 2 heterocycles.